The number of rotatable bonds is 6. The number of carbonyl (C=O) groups is 2. The van der Waals surface area contributed by atoms with E-state index in [2.05, 4.69) is 15.6 Å². The Morgan fingerprint density at radius 1 is 1.07 bits per heavy atom. The highest BCUT2D eigenvalue weighted by Gasteiger charge is 2.17. The fourth-order valence-corrected chi connectivity index (χ4v) is 3.35. The van der Waals surface area contributed by atoms with Crippen LogP contribution >= 0.6 is 11.6 Å². The molecule has 0 bridgehead atoms. The van der Waals surface area contributed by atoms with Crippen molar-refractivity contribution in [1.29, 1.82) is 0 Å². The highest BCUT2D eigenvalue weighted by atomic mass is 35.5. The van der Waals surface area contributed by atoms with E-state index in [1.807, 2.05) is 6.92 Å². The van der Waals surface area contributed by atoms with Crippen LogP contribution < -0.4 is 15.6 Å². The fraction of sp³-hybridized carbons (Fsp3) is 0.222. The number of nitrogens with one attached hydrogen (secondary N) is 3. The Morgan fingerprint density at radius 2 is 1.78 bits per heavy atom. The molecular formula is C18H20ClN3O4S. The highest BCUT2D eigenvalue weighted by molar-refractivity contribution is 7.92. The third-order valence-electron chi connectivity index (χ3n) is 3.84. The number of carbonyl (C=O) groups excluding carboxylic acids is 2. The van der Waals surface area contributed by atoms with Gasteiger partial charge in [0, 0.05) is 16.5 Å². The van der Waals surface area contributed by atoms with Crippen molar-refractivity contribution < 1.29 is 18.0 Å². The lowest BCUT2D eigenvalue weighted by Gasteiger charge is -2.12. The third-order valence-corrected chi connectivity index (χ3v) is 5.46. The second-order valence-corrected chi connectivity index (χ2v) is 8.02. The number of hydrogen-bond acceptors (Lipinski definition) is 4. The SMILES string of the molecule is CC[C@H](C)C(=O)NNC(=O)c1cccc(S(=O)(=O)Nc2cccc(Cl)c2)c1. The van der Waals surface area contributed by atoms with E-state index in [0.717, 1.165) is 0 Å². The summed E-state index contributed by atoms with van der Waals surface area (Å²) in [5.74, 6) is -1.19. The van der Waals surface area contributed by atoms with E-state index in [1.165, 1.54) is 30.3 Å². The number of anilines is 1. The Labute approximate surface area is 163 Å². The zero-order chi connectivity index (χ0) is 20.0. The molecule has 0 aliphatic heterocycles. The first kappa shape index (κ1) is 20.7. The van der Waals surface area contributed by atoms with Crippen molar-refractivity contribution in [3.05, 3.63) is 59.1 Å². The normalized spacial score (nSPS) is 12.1. The summed E-state index contributed by atoms with van der Waals surface area (Å²) in [5.41, 5.74) is 4.99. The second kappa shape index (κ2) is 8.88. The third kappa shape index (κ3) is 5.70. The van der Waals surface area contributed by atoms with E-state index in [-0.39, 0.29) is 22.3 Å². The first-order chi connectivity index (χ1) is 12.7. The lowest BCUT2D eigenvalue weighted by molar-refractivity contribution is -0.125. The molecule has 0 aromatic heterocycles. The Balaban J connectivity index is 2.14. The van der Waals surface area contributed by atoms with Crippen molar-refractivity contribution in [2.45, 2.75) is 25.2 Å². The molecule has 2 rings (SSSR count). The van der Waals surface area contributed by atoms with Crippen LogP contribution in [0.2, 0.25) is 5.02 Å². The van der Waals surface area contributed by atoms with Crippen LogP contribution in [0.3, 0.4) is 0 Å². The summed E-state index contributed by atoms with van der Waals surface area (Å²) < 4.78 is 27.5. The molecule has 0 heterocycles. The molecule has 2 aromatic carbocycles. The minimum Gasteiger partial charge on any atom is -0.280 e. The predicted molar refractivity (Wildman–Crippen MR) is 104 cm³/mol. The van der Waals surface area contributed by atoms with Crippen molar-refractivity contribution >= 4 is 39.1 Å². The van der Waals surface area contributed by atoms with Gasteiger partial charge >= 0.3 is 0 Å². The first-order valence-corrected chi connectivity index (χ1v) is 10.1. The number of halogens is 1. The average molecular weight is 410 g/mol. The van der Waals surface area contributed by atoms with Crippen LogP contribution in [-0.2, 0) is 14.8 Å². The van der Waals surface area contributed by atoms with Gasteiger partial charge in [-0.05, 0) is 42.8 Å². The van der Waals surface area contributed by atoms with Crippen molar-refractivity contribution in [3.63, 3.8) is 0 Å². The van der Waals surface area contributed by atoms with E-state index >= 15 is 0 Å². The summed E-state index contributed by atoms with van der Waals surface area (Å²) in [6, 6.07) is 11.7. The monoisotopic (exact) mass is 409 g/mol. The quantitative estimate of drug-likeness (QED) is 0.638. The largest absolute Gasteiger partial charge is 0.280 e. The zero-order valence-corrected chi connectivity index (χ0v) is 16.4. The van der Waals surface area contributed by atoms with Crippen LogP contribution in [0.5, 0.6) is 0 Å². The van der Waals surface area contributed by atoms with E-state index in [4.69, 9.17) is 11.6 Å². The number of amides is 2. The summed E-state index contributed by atoms with van der Waals surface area (Å²) in [7, 11) is -3.91. The van der Waals surface area contributed by atoms with Crippen LogP contribution in [0.4, 0.5) is 5.69 Å². The predicted octanol–water partition coefficient (Wildman–Crippen LogP) is 2.95. The topological polar surface area (TPSA) is 104 Å². The van der Waals surface area contributed by atoms with Crippen LogP contribution in [0.15, 0.2) is 53.4 Å². The van der Waals surface area contributed by atoms with Crippen LogP contribution in [0.25, 0.3) is 0 Å². The molecule has 1 atom stereocenters. The molecule has 0 radical (unpaired) electrons. The zero-order valence-electron chi connectivity index (χ0n) is 14.8. The molecule has 0 unspecified atom stereocenters. The summed E-state index contributed by atoms with van der Waals surface area (Å²) in [6.07, 6.45) is 0.630. The molecule has 0 aliphatic rings. The van der Waals surface area contributed by atoms with Crippen molar-refractivity contribution in [2.24, 2.45) is 5.92 Å². The molecule has 0 saturated heterocycles. The molecule has 0 saturated carbocycles. The number of hydrogen-bond donors (Lipinski definition) is 3. The van der Waals surface area contributed by atoms with Gasteiger partial charge in [-0.25, -0.2) is 8.42 Å². The highest BCUT2D eigenvalue weighted by Crippen LogP contribution is 2.20. The maximum Gasteiger partial charge on any atom is 0.269 e. The van der Waals surface area contributed by atoms with Crippen LogP contribution in [0.1, 0.15) is 30.6 Å². The van der Waals surface area contributed by atoms with E-state index in [1.54, 1.807) is 25.1 Å². The fourth-order valence-electron chi connectivity index (χ4n) is 2.07. The first-order valence-electron chi connectivity index (χ1n) is 8.21. The van der Waals surface area contributed by atoms with Gasteiger partial charge in [0.15, 0.2) is 0 Å². The Bertz CT molecular complexity index is 947. The number of benzene rings is 2. The van der Waals surface area contributed by atoms with Crippen molar-refractivity contribution in [1.82, 2.24) is 10.9 Å². The molecular weight excluding hydrogens is 390 g/mol. The molecule has 2 amide bonds. The van der Waals surface area contributed by atoms with Crippen LogP contribution in [-0.4, -0.2) is 20.2 Å². The van der Waals surface area contributed by atoms with Gasteiger partial charge in [0.2, 0.25) is 5.91 Å². The van der Waals surface area contributed by atoms with Gasteiger partial charge in [-0.2, -0.15) is 0 Å². The van der Waals surface area contributed by atoms with Gasteiger partial charge in [-0.1, -0.05) is 37.6 Å². The van der Waals surface area contributed by atoms with Crippen molar-refractivity contribution in [2.75, 3.05) is 4.72 Å². The van der Waals surface area contributed by atoms with E-state index in [0.29, 0.717) is 17.1 Å². The minimum atomic E-state index is -3.91. The van der Waals surface area contributed by atoms with Gasteiger partial charge in [0.25, 0.3) is 15.9 Å². The number of sulfonamides is 1. The molecule has 27 heavy (non-hydrogen) atoms. The van der Waals surface area contributed by atoms with Gasteiger partial charge in [-0.15, -0.1) is 0 Å². The summed E-state index contributed by atoms with van der Waals surface area (Å²) in [4.78, 5) is 23.8. The van der Waals surface area contributed by atoms with E-state index in [9.17, 15) is 18.0 Å². The van der Waals surface area contributed by atoms with Gasteiger partial charge < -0.3 is 0 Å². The summed E-state index contributed by atoms with van der Waals surface area (Å²) in [6.45, 7) is 3.59. The molecule has 3 N–H and O–H groups in total. The Hall–Kier alpha value is -2.58. The summed E-state index contributed by atoms with van der Waals surface area (Å²) >= 11 is 5.86. The molecule has 0 aliphatic carbocycles. The maximum absolute atomic E-state index is 12.5. The van der Waals surface area contributed by atoms with Crippen LogP contribution in [0, 0.1) is 5.92 Å². The lowest BCUT2D eigenvalue weighted by Crippen LogP contribution is -2.44. The molecule has 9 heteroatoms. The second-order valence-electron chi connectivity index (χ2n) is 5.90. The standard InChI is InChI=1S/C18H20ClN3O4S/c1-3-12(2)17(23)20-21-18(24)13-6-4-9-16(10-13)27(25,26)22-15-8-5-7-14(19)11-15/h4-12,22H,3H2,1-2H3,(H,20,23)(H,21,24)/t12-/m0/s1. The Kier molecular flexibility index (Phi) is 6.81. The number of hydrazine groups is 1. The molecule has 0 fully saturated rings. The Morgan fingerprint density at radius 3 is 2.44 bits per heavy atom. The minimum absolute atomic E-state index is 0.0911. The molecule has 2 aromatic rings. The molecule has 144 valence electrons. The maximum atomic E-state index is 12.5. The molecule has 7 nitrogen and oxygen atoms in total. The summed E-state index contributed by atoms with van der Waals surface area (Å²) in [5, 5.41) is 0.389. The smallest absolute Gasteiger partial charge is 0.269 e. The van der Waals surface area contributed by atoms with Gasteiger partial charge in [0.1, 0.15) is 0 Å². The van der Waals surface area contributed by atoms with Gasteiger partial charge in [0.05, 0.1) is 10.6 Å². The van der Waals surface area contributed by atoms with E-state index < -0.39 is 15.9 Å². The average Bonchev–Trinajstić information content (AvgIpc) is 2.64. The molecule has 0 spiro atoms. The lowest BCUT2D eigenvalue weighted by atomic mass is 10.1. The van der Waals surface area contributed by atoms with Crippen molar-refractivity contribution in [3.8, 4) is 0 Å². The van der Waals surface area contributed by atoms with Gasteiger partial charge in [-0.3, -0.25) is 25.2 Å².